The Kier molecular flexibility index (Phi) is 6.31. The molecule has 0 heterocycles. The van der Waals surface area contributed by atoms with Crippen LogP contribution in [0.4, 0.5) is 0 Å². The van der Waals surface area contributed by atoms with Gasteiger partial charge in [0.25, 0.3) is 0 Å². The largest absolute Gasteiger partial charge is 0.466 e. The van der Waals surface area contributed by atoms with Crippen LogP contribution in [0.2, 0.25) is 0 Å². The van der Waals surface area contributed by atoms with Crippen molar-refractivity contribution in [2.75, 3.05) is 7.11 Å². The lowest BCUT2D eigenvalue weighted by Crippen LogP contribution is -2.54. The third-order valence-corrected chi connectivity index (χ3v) is 10.4. The van der Waals surface area contributed by atoms with E-state index in [1.54, 1.807) is 13.0 Å². The molecule has 4 rings (SSSR count). The van der Waals surface area contributed by atoms with Crippen LogP contribution in [0.1, 0.15) is 85.5 Å². The third kappa shape index (κ3) is 3.97. The Morgan fingerprint density at radius 1 is 0.968 bits per heavy atom. The quantitative estimate of drug-likeness (QED) is 0.409. The summed E-state index contributed by atoms with van der Waals surface area (Å²) in [5.41, 5.74) is 0.800. The Bertz CT molecular complexity index is 729. The molecule has 0 aromatic heterocycles. The fourth-order valence-electron chi connectivity index (χ4n) is 8.90. The van der Waals surface area contributed by atoms with Crippen LogP contribution in [-0.4, -0.2) is 25.2 Å². The van der Waals surface area contributed by atoms with Crippen LogP contribution in [0.25, 0.3) is 0 Å². The molecule has 0 aromatic carbocycles. The molecule has 9 atom stereocenters. The van der Waals surface area contributed by atoms with E-state index >= 15 is 0 Å². The first kappa shape index (κ1) is 22.9. The normalized spacial score (nSPS) is 45.3. The van der Waals surface area contributed by atoms with E-state index in [9.17, 15) is 9.59 Å². The molecule has 4 nitrogen and oxygen atoms in total. The maximum Gasteiger partial charge on any atom is 0.330 e. The van der Waals surface area contributed by atoms with Crippen molar-refractivity contribution >= 4 is 11.9 Å². The molecule has 4 saturated carbocycles. The minimum Gasteiger partial charge on any atom is -0.466 e. The van der Waals surface area contributed by atoms with Gasteiger partial charge in [-0.25, -0.2) is 4.79 Å². The van der Waals surface area contributed by atoms with Gasteiger partial charge in [-0.15, -0.1) is 0 Å². The summed E-state index contributed by atoms with van der Waals surface area (Å²) in [6.07, 6.45) is 15.1. The highest BCUT2D eigenvalue weighted by Gasteiger charge is 2.60. The maximum absolute atomic E-state index is 11.6. The van der Waals surface area contributed by atoms with Gasteiger partial charge >= 0.3 is 11.9 Å². The van der Waals surface area contributed by atoms with Gasteiger partial charge in [0.2, 0.25) is 0 Å². The van der Waals surface area contributed by atoms with E-state index in [1.807, 2.05) is 0 Å². The van der Waals surface area contributed by atoms with Gasteiger partial charge in [0.15, 0.2) is 0 Å². The first-order chi connectivity index (χ1) is 14.7. The molecule has 0 saturated heterocycles. The number of fused-ring (bicyclic) bond motifs is 5. The van der Waals surface area contributed by atoms with Crippen molar-refractivity contribution in [2.45, 2.75) is 91.6 Å². The van der Waals surface area contributed by atoms with Gasteiger partial charge < -0.3 is 9.47 Å². The average molecular weight is 431 g/mol. The third-order valence-electron chi connectivity index (χ3n) is 10.4. The summed E-state index contributed by atoms with van der Waals surface area (Å²) < 4.78 is 10.4. The van der Waals surface area contributed by atoms with Crippen molar-refractivity contribution in [1.29, 1.82) is 0 Å². The monoisotopic (exact) mass is 430 g/mol. The van der Waals surface area contributed by atoms with Crippen LogP contribution in [0.3, 0.4) is 0 Å². The van der Waals surface area contributed by atoms with Crippen LogP contribution < -0.4 is 0 Å². The Morgan fingerprint density at radius 2 is 1.68 bits per heavy atom. The predicted octanol–water partition coefficient (Wildman–Crippen LogP) is 5.94. The zero-order valence-corrected chi connectivity index (χ0v) is 20.2. The molecule has 0 spiro atoms. The lowest BCUT2D eigenvalue weighted by Gasteiger charge is -2.61. The summed E-state index contributed by atoms with van der Waals surface area (Å²) in [5.74, 6) is 3.88. The average Bonchev–Trinajstić information content (AvgIpc) is 3.09. The van der Waals surface area contributed by atoms with Gasteiger partial charge in [0.1, 0.15) is 6.10 Å². The second-order valence-electron chi connectivity index (χ2n) is 11.6. The van der Waals surface area contributed by atoms with Crippen molar-refractivity contribution in [3.63, 3.8) is 0 Å². The number of methoxy groups -OCH3 is 1. The minimum absolute atomic E-state index is 0.122. The highest BCUT2D eigenvalue weighted by atomic mass is 16.5. The number of hydrogen-bond donors (Lipinski definition) is 0. The lowest BCUT2D eigenvalue weighted by atomic mass is 9.44. The van der Waals surface area contributed by atoms with Gasteiger partial charge in [-0.2, -0.15) is 0 Å². The Morgan fingerprint density at radius 3 is 2.39 bits per heavy atom. The first-order valence-electron chi connectivity index (χ1n) is 12.6. The number of esters is 2. The summed E-state index contributed by atoms with van der Waals surface area (Å²) in [6.45, 7) is 8.96. The Balaban J connectivity index is 1.48. The molecule has 31 heavy (non-hydrogen) atoms. The predicted molar refractivity (Wildman–Crippen MR) is 121 cm³/mol. The molecule has 174 valence electrons. The van der Waals surface area contributed by atoms with Crippen LogP contribution in [0, 0.1) is 46.3 Å². The number of allylic oxidation sites excluding steroid dienone is 1. The summed E-state index contributed by atoms with van der Waals surface area (Å²) in [7, 11) is 1.45. The molecule has 0 N–H and O–H groups in total. The summed E-state index contributed by atoms with van der Waals surface area (Å²) in [6, 6.07) is 0. The molecule has 0 aliphatic heterocycles. The molecule has 0 unspecified atom stereocenters. The van der Waals surface area contributed by atoms with E-state index < -0.39 is 0 Å². The van der Waals surface area contributed by atoms with E-state index in [-0.39, 0.29) is 18.0 Å². The molecule has 4 fully saturated rings. The Labute approximate surface area is 188 Å². The number of carbonyl (C=O) groups is 2. The van der Waals surface area contributed by atoms with Crippen LogP contribution >= 0.6 is 0 Å². The van der Waals surface area contributed by atoms with Crippen LogP contribution in [0.15, 0.2) is 12.2 Å². The second-order valence-corrected chi connectivity index (χ2v) is 11.6. The minimum atomic E-state index is -0.245. The number of rotatable bonds is 4. The van der Waals surface area contributed by atoms with E-state index in [2.05, 4.69) is 26.8 Å². The van der Waals surface area contributed by atoms with Gasteiger partial charge in [-0.1, -0.05) is 26.8 Å². The molecular weight excluding hydrogens is 388 g/mol. The summed E-state index contributed by atoms with van der Waals surface area (Å²) in [5, 5.41) is 0. The fraction of sp³-hybridized carbons (Fsp3) is 0.852. The molecule has 0 amide bonds. The molecule has 0 radical (unpaired) electrons. The summed E-state index contributed by atoms with van der Waals surface area (Å²) >= 11 is 0. The maximum atomic E-state index is 11.6. The number of hydrogen-bond acceptors (Lipinski definition) is 4. The van der Waals surface area contributed by atoms with E-state index in [4.69, 9.17) is 9.47 Å². The molecule has 4 aliphatic rings. The smallest absolute Gasteiger partial charge is 0.330 e. The van der Waals surface area contributed by atoms with Crippen molar-refractivity contribution in [3.05, 3.63) is 12.2 Å². The van der Waals surface area contributed by atoms with Crippen molar-refractivity contribution in [3.8, 4) is 0 Å². The zero-order chi connectivity index (χ0) is 22.4. The number of ether oxygens (including phenoxy) is 2. The van der Waals surface area contributed by atoms with Crippen molar-refractivity contribution in [1.82, 2.24) is 0 Å². The molecule has 4 aliphatic carbocycles. The van der Waals surface area contributed by atoms with Gasteiger partial charge in [0.05, 0.1) is 7.11 Å². The highest BCUT2D eigenvalue weighted by Crippen LogP contribution is 2.68. The first-order valence-corrected chi connectivity index (χ1v) is 12.6. The second kappa shape index (κ2) is 8.56. The van der Waals surface area contributed by atoms with Crippen molar-refractivity contribution in [2.24, 2.45) is 46.3 Å². The lowest BCUT2D eigenvalue weighted by molar-refractivity contribution is -0.160. The highest BCUT2D eigenvalue weighted by molar-refractivity contribution is 5.81. The standard InChI is InChI=1S/C27H42O4/c1-17(6-11-25(29)30-5)22-9-10-23-21-8-7-19-16-20(31-18(2)28)12-14-26(19,3)24(21)13-15-27(22,23)4/h6,11,17,19-24H,7-10,12-16H2,1-5H3/b11-6+/t17-,19-,20-,21-,22+,23-,24-,26-,27+/m0/s1. The van der Waals surface area contributed by atoms with Gasteiger partial charge in [-0.3, -0.25) is 4.79 Å². The Hall–Kier alpha value is -1.32. The molecular formula is C27H42O4. The van der Waals surface area contributed by atoms with Gasteiger partial charge in [-0.05, 0) is 104 Å². The van der Waals surface area contributed by atoms with Crippen molar-refractivity contribution < 1.29 is 19.1 Å². The molecule has 4 heteroatoms. The SMILES string of the molecule is COC(=O)/C=C/[C@H](C)[C@H]1CC[C@H]2[C@@H]3CC[C@H]4C[C@@H](OC(C)=O)CC[C@]4(C)[C@H]3CC[C@]12C. The van der Waals surface area contributed by atoms with Crippen LogP contribution in [-0.2, 0) is 19.1 Å². The van der Waals surface area contributed by atoms with E-state index in [0.717, 1.165) is 30.6 Å². The van der Waals surface area contributed by atoms with E-state index in [1.165, 1.54) is 52.1 Å². The van der Waals surface area contributed by atoms with E-state index in [0.29, 0.717) is 28.6 Å². The summed E-state index contributed by atoms with van der Waals surface area (Å²) in [4.78, 5) is 23.1. The van der Waals surface area contributed by atoms with Gasteiger partial charge in [0, 0.05) is 13.0 Å². The topological polar surface area (TPSA) is 52.6 Å². The molecule has 0 bridgehead atoms. The molecule has 0 aromatic rings. The number of carbonyl (C=O) groups excluding carboxylic acids is 2. The van der Waals surface area contributed by atoms with Crippen LogP contribution in [0.5, 0.6) is 0 Å². The zero-order valence-electron chi connectivity index (χ0n) is 20.2. The fourth-order valence-corrected chi connectivity index (χ4v) is 8.90.